The third kappa shape index (κ3) is 4.63. The van der Waals surface area contributed by atoms with Crippen molar-refractivity contribution >= 4 is 17.7 Å². The molecule has 0 saturated carbocycles. The van der Waals surface area contributed by atoms with E-state index in [-0.39, 0.29) is 6.04 Å². The molecular formula is C12H17ClN2O2. The van der Waals surface area contributed by atoms with E-state index in [2.05, 4.69) is 15.4 Å². The summed E-state index contributed by atoms with van der Waals surface area (Å²) < 4.78 is 4.46. The Balaban J connectivity index is 2.33. The lowest BCUT2D eigenvalue weighted by Gasteiger charge is -2.15. The van der Waals surface area contributed by atoms with Crippen molar-refractivity contribution in [3.05, 3.63) is 34.9 Å². The van der Waals surface area contributed by atoms with Crippen LogP contribution in [-0.2, 0) is 4.74 Å². The molecule has 0 aliphatic heterocycles. The minimum atomic E-state index is -0.419. The number of alkyl carbamates (subject to hydrolysis) is 1. The van der Waals surface area contributed by atoms with Crippen LogP contribution in [0.25, 0.3) is 0 Å². The van der Waals surface area contributed by atoms with E-state index in [0.717, 1.165) is 10.6 Å². The lowest BCUT2D eigenvalue weighted by molar-refractivity contribution is 0.171. The quantitative estimate of drug-likeness (QED) is 0.795. The van der Waals surface area contributed by atoms with Crippen LogP contribution in [-0.4, -0.2) is 26.3 Å². The summed E-state index contributed by atoms with van der Waals surface area (Å²) in [4.78, 5) is 10.8. The van der Waals surface area contributed by atoms with E-state index in [9.17, 15) is 4.79 Å². The summed E-state index contributed by atoms with van der Waals surface area (Å²) in [5, 5.41) is 6.61. The number of halogens is 1. The van der Waals surface area contributed by atoms with Crippen LogP contribution >= 0.6 is 11.6 Å². The maximum atomic E-state index is 10.8. The van der Waals surface area contributed by atoms with Crippen LogP contribution in [0.4, 0.5) is 4.79 Å². The van der Waals surface area contributed by atoms with Gasteiger partial charge in [0.2, 0.25) is 0 Å². The smallest absolute Gasteiger partial charge is 0.406 e. The van der Waals surface area contributed by atoms with Crippen molar-refractivity contribution in [2.45, 2.75) is 13.0 Å². The molecule has 0 fully saturated rings. The predicted molar refractivity (Wildman–Crippen MR) is 68.3 cm³/mol. The van der Waals surface area contributed by atoms with E-state index in [1.165, 1.54) is 7.11 Å². The Labute approximate surface area is 106 Å². The summed E-state index contributed by atoms with van der Waals surface area (Å²) in [5.74, 6) is 0. The zero-order valence-corrected chi connectivity index (χ0v) is 10.8. The van der Waals surface area contributed by atoms with Crippen LogP contribution < -0.4 is 10.6 Å². The van der Waals surface area contributed by atoms with Crippen molar-refractivity contribution in [1.29, 1.82) is 0 Å². The van der Waals surface area contributed by atoms with Gasteiger partial charge in [0.25, 0.3) is 0 Å². The number of methoxy groups -OCH3 is 1. The van der Waals surface area contributed by atoms with Gasteiger partial charge in [-0.3, -0.25) is 0 Å². The molecule has 0 saturated heterocycles. The molecule has 1 unspecified atom stereocenters. The number of nitrogens with one attached hydrogen (secondary N) is 2. The first-order valence-corrected chi connectivity index (χ1v) is 5.82. The average molecular weight is 257 g/mol. The summed E-state index contributed by atoms with van der Waals surface area (Å²) in [6.45, 7) is 3.20. The van der Waals surface area contributed by atoms with Gasteiger partial charge in [-0.15, -0.1) is 0 Å². The summed E-state index contributed by atoms with van der Waals surface area (Å²) >= 11 is 6.08. The molecule has 0 radical (unpaired) electrons. The second-order valence-corrected chi connectivity index (χ2v) is 4.02. The maximum absolute atomic E-state index is 10.8. The Morgan fingerprint density at radius 2 is 2.12 bits per heavy atom. The number of benzene rings is 1. The zero-order chi connectivity index (χ0) is 12.7. The molecule has 0 spiro atoms. The second-order valence-electron chi connectivity index (χ2n) is 3.62. The minimum Gasteiger partial charge on any atom is -0.453 e. The molecule has 4 nitrogen and oxygen atoms in total. The highest BCUT2D eigenvalue weighted by Gasteiger charge is 2.07. The average Bonchev–Trinajstić information content (AvgIpc) is 2.34. The number of carbonyl (C=O) groups is 1. The van der Waals surface area contributed by atoms with Gasteiger partial charge < -0.3 is 15.4 Å². The van der Waals surface area contributed by atoms with Crippen LogP contribution in [0.1, 0.15) is 18.5 Å². The summed E-state index contributed by atoms with van der Waals surface area (Å²) in [6, 6.07) is 7.84. The van der Waals surface area contributed by atoms with Gasteiger partial charge in [-0.1, -0.05) is 29.8 Å². The molecule has 0 bridgehead atoms. The van der Waals surface area contributed by atoms with E-state index in [1.807, 2.05) is 31.2 Å². The van der Waals surface area contributed by atoms with Crippen molar-refractivity contribution in [1.82, 2.24) is 10.6 Å². The number of amides is 1. The molecule has 0 aliphatic rings. The largest absolute Gasteiger partial charge is 0.453 e. The highest BCUT2D eigenvalue weighted by Crippen LogP contribution is 2.21. The van der Waals surface area contributed by atoms with Crippen LogP contribution in [0.15, 0.2) is 24.3 Å². The molecule has 17 heavy (non-hydrogen) atoms. The fourth-order valence-electron chi connectivity index (χ4n) is 1.46. The molecular weight excluding hydrogens is 240 g/mol. The highest BCUT2D eigenvalue weighted by atomic mass is 35.5. The lowest BCUT2D eigenvalue weighted by Crippen LogP contribution is -2.32. The Morgan fingerprint density at radius 1 is 1.41 bits per heavy atom. The van der Waals surface area contributed by atoms with Crippen molar-refractivity contribution in [3.63, 3.8) is 0 Å². The van der Waals surface area contributed by atoms with Crippen LogP contribution in [0.5, 0.6) is 0 Å². The normalized spacial score (nSPS) is 11.9. The van der Waals surface area contributed by atoms with E-state index >= 15 is 0 Å². The zero-order valence-electron chi connectivity index (χ0n) is 10.00. The van der Waals surface area contributed by atoms with Crippen molar-refractivity contribution in [2.24, 2.45) is 0 Å². The number of hydrogen-bond donors (Lipinski definition) is 2. The summed E-state index contributed by atoms with van der Waals surface area (Å²) in [7, 11) is 1.34. The molecule has 1 aromatic carbocycles. The van der Waals surface area contributed by atoms with Gasteiger partial charge >= 0.3 is 6.09 Å². The number of ether oxygens (including phenoxy) is 1. The number of carbonyl (C=O) groups excluding carboxylic acids is 1. The molecule has 1 amide bonds. The van der Waals surface area contributed by atoms with Gasteiger partial charge in [-0.2, -0.15) is 0 Å². The van der Waals surface area contributed by atoms with Gasteiger partial charge in [0, 0.05) is 24.2 Å². The second kappa shape index (κ2) is 7.14. The van der Waals surface area contributed by atoms with Crippen LogP contribution in [0, 0.1) is 0 Å². The van der Waals surface area contributed by atoms with Crippen molar-refractivity contribution in [2.75, 3.05) is 20.2 Å². The van der Waals surface area contributed by atoms with Crippen molar-refractivity contribution < 1.29 is 9.53 Å². The van der Waals surface area contributed by atoms with E-state index in [1.54, 1.807) is 0 Å². The third-order valence-corrected chi connectivity index (χ3v) is 2.75. The molecule has 0 aliphatic carbocycles. The van der Waals surface area contributed by atoms with E-state index in [0.29, 0.717) is 13.1 Å². The SMILES string of the molecule is COC(=O)NCCNC(C)c1ccccc1Cl. The first-order valence-electron chi connectivity index (χ1n) is 5.44. The summed E-state index contributed by atoms with van der Waals surface area (Å²) in [5.41, 5.74) is 1.05. The Morgan fingerprint density at radius 3 is 2.76 bits per heavy atom. The first kappa shape index (κ1) is 13.8. The van der Waals surface area contributed by atoms with E-state index in [4.69, 9.17) is 11.6 Å². The number of rotatable bonds is 5. The fourth-order valence-corrected chi connectivity index (χ4v) is 1.76. The Hall–Kier alpha value is -1.26. The third-order valence-electron chi connectivity index (χ3n) is 2.40. The molecule has 0 heterocycles. The van der Waals surface area contributed by atoms with Crippen molar-refractivity contribution in [3.8, 4) is 0 Å². The predicted octanol–water partition coefficient (Wildman–Crippen LogP) is 2.35. The monoisotopic (exact) mass is 256 g/mol. The molecule has 94 valence electrons. The lowest BCUT2D eigenvalue weighted by atomic mass is 10.1. The summed E-state index contributed by atoms with van der Waals surface area (Å²) in [6.07, 6.45) is -0.419. The maximum Gasteiger partial charge on any atom is 0.406 e. The molecule has 2 N–H and O–H groups in total. The molecule has 1 rings (SSSR count). The standard InChI is InChI=1S/C12H17ClN2O2/c1-9(10-5-3-4-6-11(10)13)14-7-8-15-12(16)17-2/h3-6,9,14H,7-8H2,1-2H3,(H,15,16). The van der Waals surface area contributed by atoms with Gasteiger partial charge in [0.15, 0.2) is 0 Å². The molecule has 1 atom stereocenters. The Bertz CT molecular complexity index is 371. The molecule has 5 heteroatoms. The number of hydrogen-bond acceptors (Lipinski definition) is 3. The Kier molecular flexibility index (Phi) is 5.80. The molecule has 0 aromatic heterocycles. The van der Waals surface area contributed by atoms with Gasteiger partial charge in [-0.25, -0.2) is 4.79 Å². The van der Waals surface area contributed by atoms with Gasteiger partial charge in [0.1, 0.15) is 0 Å². The van der Waals surface area contributed by atoms with E-state index < -0.39 is 6.09 Å². The fraction of sp³-hybridized carbons (Fsp3) is 0.417. The topological polar surface area (TPSA) is 50.4 Å². The molecule has 1 aromatic rings. The van der Waals surface area contributed by atoms with Crippen LogP contribution in [0.2, 0.25) is 5.02 Å². The minimum absolute atomic E-state index is 0.142. The van der Waals surface area contributed by atoms with Crippen LogP contribution in [0.3, 0.4) is 0 Å². The first-order chi connectivity index (χ1) is 8.15. The van der Waals surface area contributed by atoms with Gasteiger partial charge in [0.05, 0.1) is 7.11 Å². The highest BCUT2D eigenvalue weighted by molar-refractivity contribution is 6.31. The van der Waals surface area contributed by atoms with Gasteiger partial charge in [-0.05, 0) is 18.6 Å².